The lowest BCUT2D eigenvalue weighted by Gasteiger charge is -2.38. The lowest BCUT2D eigenvalue weighted by Crippen LogP contribution is -2.54. The summed E-state index contributed by atoms with van der Waals surface area (Å²) in [4.78, 5) is 2.11. The van der Waals surface area contributed by atoms with Crippen molar-refractivity contribution in [2.45, 2.75) is 25.4 Å². The molecule has 0 amide bonds. The third-order valence-corrected chi connectivity index (χ3v) is 2.43. The zero-order valence-electron chi connectivity index (χ0n) is 8.02. The molecule has 68 valence electrons. The first-order valence-electron chi connectivity index (χ1n) is 4.10. The number of aliphatic hydroxyl groups excluding tert-OH is 1. The first-order chi connectivity index (χ1) is 5.13. The molecule has 0 aromatic heterocycles. The number of rotatable bonds is 5. The number of hydrogen-bond acceptors (Lipinski definition) is 3. The molecular weight excluding hydrogens is 140 g/mol. The van der Waals surface area contributed by atoms with Crippen LogP contribution in [0.15, 0.2) is 0 Å². The van der Waals surface area contributed by atoms with Crippen molar-refractivity contribution in [2.75, 3.05) is 27.7 Å². The Bertz CT molecular complexity index is 100. The van der Waals surface area contributed by atoms with Crippen LogP contribution in [0.5, 0.6) is 0 Å². The number of hydrogen-bond donors (Lipinski definition) is 2. The average Bonchev–Trinajstić information content (AvgIpc) is 2.00. The molecule has 0 aliphatic carbocycles. The van der Waals surface area contributed by atoms with E-state index in [1.54, 1.807) is 0 Å². The molecule has 0 saturated heterocycles. The Morgan fingerprint density at radius 3 is 2.09 bits per heavy atom. The molecule has 3 nitrogen and oxygen atoms in total. The van der Waals surface area contributed by atoms with E-state index in [1.165, 1.54) is 0 Å². The van der Waals surface area contributed by atoms with Crippen LogP contribution in [0.1, 0.15) is 19.8 Å². The van der Waals surface area contributed by atoms with E-state index in [1.807, 2.05) is 21.1 Å². The summed E-state index contributed by atoms with van der Waals surface area (Å²) >= 11 is 0. The van der Waals surface area contributed by atoms with Crippen LogP contribution in [0.25, 0.3) is 0 Å². The summed E-state index contributed by atoms with van der Waals surface area (Å²) in [5.41, 5.74) is -0.0330. The van der Waals surface area contributed by atoms with Crippen molar-refractivity contribution in [2.24, 2.45) is 0 Å². The first kappa shape index (κ1) is 10.9. The van der Waals surface area contributed by atoms with Gasteiger partial charge in [-0.3, -0.25) is 4.90 Å². The molecule has 3 heteroatoms. The van der Waals surface area contributed by atoms with Gasteiger partial charge in [0.15, 0.2) is 0 Å². The van der Waals surface area contributed by atoms with Crippen molar-refractivity contribution in [1.29, 1.82) is 0 Å². The fourth-order valence-corrected chi connectivity index (χ4v) is 1.43. The highest BCUT2D eigenvalue weighted by atomic mass is 16.3. The monoisotopic (exact) mass is 160 g/mol. The highest BCUT2D eigenvalue weighted by Crippen LogP contribution is 2.16. The van der Waals surface area contributed by atoms with Crippen LogP contribution in [-0.2, 0) is 0 Å². The lowest BCUT2D eigenvalue weighted by atomic mass is 10.0. The second-order valence-corrected chi connectivity index (χ2v) is 3.00. The minimum atomic E-state index is -0.0330. The summed E-state index contributed by atoms with van der Waals surface area (Å²) in [6.07, 6.45) is 1.77. The van der Waals surface area contributed by atoms with E-state index in [0.717, 1.165) is 12.8 Å². The minimum Gasteiger partial charge on any atom is -0.396 e. The maximum atomic E-state index is 8.85. The van der Waals surface area contributed by atoms with Gasteiger partial charge < -0.3 is 10.4 Å². The summed E-state index contributed by atoms with van der Waals surface area (Å²) < 4.78 is 0. The van der Waals surface area contributed by atoms with Crippen molar-refractivity contribution in [3.8, 4) is 0 Å². The molecule has 11 heavy (non-hydrogen) atoms. The predicted octanol–water partition coefficient (Wildman–Crippen LogP) is 0.256. The first-order valence-corrected chi connectivity index (χ1v) is 4.10. The van der Waals surface area contributed by atoms with Gasteiger partial charge in [-0.15, -0.1) is 0 Å². The molecule has 0 rings (SSSR count). The SMILES string of the molecule is CCC(CCO)(NC)N(C)C. The van der Waals surface area contributed by atoms with Crippen LogP contribution in [0.2, 0.25) is 0 Å². The zero-order chi connectivity index (χ0) is 8.91. The molecule has 0 aliphatic rings. The van der Waals surface area contributed by atoms with Gasteiger partial charge in [-0.1, -0.05) is 6.92 Å². The van der Waals surface area contributed by atoms with E-state index in [-0.39, 0.29) is 12.3 Å². The fraction of sp³-hybridized carbons (Fsp3) is 1.00. The molecule has 0 heterocycles. The molecule has 0 aliphatic heterocycles. The Morgan fingerprint density at radius 2 is 2.00 bits per heavy atom. The molecular formula is C8H20N2O. The molecule has 0 saturated carbocycles. The minimum absolute atomic E-state index is 0.0330. The van der Waals surface area contributed by atoms with Crippen LogP contribution >= 0.6 is 0 Å². The third kappa shape index (κ3) is 2.43. The molecule has 1 unspecified atom stereocenters. The van der Waals surface area contributed by atoms with Crippen molar-refractivity contribution in [3.05, 3.63) is 0 Å². The van der Waals surface area contributed by atoms with E-state index < -0.39 is 0 Å². The Hall–Kier alpha value is -0.120. The number of nitrogens with zero attached hydrogens (tertiary/aromatic N) is 1. The summed E-state index contributed by atoms with van der Waals surface area (Å²) in [6.45, 7) is 2.35. The van der Waals surface area contributed by atoms with E-state index in [9.17, 15) is 0 Å². The standard InChI is InChI=1S/C8H20N2O/c1-5-8(9-2,6-7-11)10(3)4/h9,11H,5-7H2,1-4H3. The van der Waals surface area contributed by atoms with Crippen molar-refractivity contribution in [1.82, 2.24) is 10.2 Å². The molecule has 1 atom stereocenters. The van der Waals surface area contributed by atoms with Crippen LogP contribution in [-0.4, -0.2) is 43.4 Å². The summed E-state index contributed by atoms with van der Waals surface area (Å²) in [5.74, 6) is 0. The van der Waals surface area contributed by atoms with E-state index >= 15 is 0 Å². The van der Waals surface area contributed by atoms with Gasteiger partial charge in [0, 0.05) is 13.0 Å². The van der Waals surface area contributed by atoms with Gasteiger partial charge in [0.1, 0.15) is 0 Å². The second-order valence-electron chi connectivity index (χ2n) is 3.00. The topological polar surface area (TPSA) is 35.5 Å². The van der Waals surface area contributed by atoms with Crippen molar-refractivity contribution < 1.29 is 5.11 Å². The normalized spacial score (nSPS) is 16.9. The Kier molecular flexibility index (Phi) is 4.65. The lowest BCUT2D eigenvalue weighted by molar-refractivity contribution is 0.0770. The largest absolute Gasteiger partial charge is 0.396 e. The molecule has 2 N–H and O–H groups in total. The van der Waals surface area contributed by atoms with Crippen LogP contribution in [0.4, 0.5) is 0 Å². The molecule has 0 radical (unpaired) electrons. The Labute approximate surface area is 69.4 Å². The maximum Gasteiger partial charge on any atom is 0.0724 e. The van der Waals surface area contributed by atoms with Crippen molar-refractivity contribution in [3.63, 3.8) is 0 Å². The van der Waals surface area contributed by atoms with E-state index in [2.05, 4.69) is 17.1 Å². The second kappa shape index (κ2) is 4.70. The average molecular weight is 160 g/mol. The number of aliphatic hydroxyl groups is 1. The Balaban J connectivity index is 4.20. The summed E-state index contributed by atoms with van der Waals surface area (Å²) in [6, 6.07) is 0. The van der Waals surface area contributed by atoms with Gasteiger partial charge in [-0.05, 0) is 27.6 Å². The molecule has 0 spiro atoms. The van der Waals surface area contributed by atoms with Crippen molar-refractivity contribution >= 4 is 0 Å². The van der Waals surface area contributed by atoms with Crippen LogP contribution in [0, 0.1) is 0 Å². The van der Waals surface area contributed by atoms with Gasteiger partial charge in [-0.2, -0.15) is 0 Å². The molecule has 0 aromatic carbocycles. The highest BCUT2D eigenvalue weighted by Gasteiger charge is 2.27. The number of nitrogens with one attached hydrogen (secondary N) is 1. The third-order valence-electron chi connectivity index (χ3n) is 2.43. The van der Waals surface area contributed by atoms with Crippen LogP contribution in [0.3, 0.4) is 0 Å². The van der Waals surface area contributed by atoms with Gasteiger partial charge in [-0.25, -0.2) is 0 Å². The van der Waals surface area contributed by atoms with Gasteiger partial charge in [0.25, 0.3) is 0 Å². The fourth-order valence-electron chi connectivity index (χ4n) is 1.43. The molecule has 0 bridgehead atoms. The molecule has 0 fully saturated rings. The smallest absolute Gasteiger partial charge is 0.0724 e. The van der Waals surface area contributed by atoms with E-state index in [0.29, 0.717) is 0 Å². The maximum absolute atomic E-state index is 8.85. The van der Waals surface area contributed by atoms with Gasteiger partial charge in [0.2, 0.25) is 0 Å². The highest BCUT2D eigenvalue weighted by molar-refractivity contribution is 4.81. The van der Waals surface area contributed by atoms with Gasteiger partial charge >= 0.3 is 0 Å². The quantitative estimate of drug-likeness (QED) is 0.566. The zero-order valence-corrected chi connectivity index (χ0v) is 8.02. The summed E-state index contributed by atoms with van der Waals surface area (Å²) in [7, 11) is 5.98. The summed E-state index contributed by atoms with van der Waals surface area (Å²) in [5, 5.41) is 12.1. The van der Waals surface area contributed by atoms with Crippen LogP contribution < -0.4 is 5.32 Å². The van der Waals surface area contributed by atoms with E-state index in [4.69, 9.17) is 5.11 Å². The predicted molar refractivity (Wildman–Crippen MR) is 47.5 cm³/mol. The Morgan fingerprint density at radius 1 is 1.45 bits per heavy atom. The molecule has 0 aromatic rings. The van der Waals surface area contributed by atoms with Gasteiger partial charge in [0.05, 0.1) is 5.66 Å².